The summed E-state index contributed by atoms with van der Waals surface area (Å²) in [5.41, 5.74) is -0.130. The molecule has 0 amide bonds. The van der Waals surface area contributed by atoms with E-state index in [-0.39, 0.29) is 11.7 Å². The summed E-state index contributed by atoms with van der Waals surface area (Å²) in [4.78, 5) is 13.7. The number of halogens is 2. The van der Waals surface area contributed by atoms with Crippen LogP contribution in [0.25, 0.3) is 10.7 Å². The lowest BCUT2D eigenvalue weighted by atomic mass is 10.1. The number of aromatic nitrogens is 3. The molecule has 3 heterocycles. The average Bonchev–Trinajstić information content (AvgIpc) is 3.44. The molecule has 0 saturated carbocycles. The molecule has 1 saturated heterocycles. The van der Waals surface area contributed by atoms with Gasteiger partial charge in [0.2, 0.25) is 0 Å². The first-order valence-corrected chi connectivity index (χ1v) is 11.0. The Bertz CT molecular complexity index is 1000. The molecule has 1 aliphatic heterocycles. The molecule has 2 aromatic heterocycles. The molecule has 0 N–H and O–H groups in total. The standard InChI is InChI=1S/C20H19F2N3O2S2/c1-12(18(26)15-7-6-13(21)10-16(15)22)29-20-24-23-19(17-5-3-9-28-17)25(20)11-14-4-2-8-27-14/h3,5-7,9-10,12,14H,2,4,8,11H2,1H3. The van der Waals surface area contributed by atoms with Crippen molar-refractivity contribution >= 4 is 28.9 Å². The number of carbonyl (C=O) groups is 1. The predicted molar refractivity (Wildman–Crippen MR) is 108 cm³/mol. The van der Waals surface area contributed by atoms with Gasteiger partial charge in [0.05, 0.1) is 28.3 Å². The molecule has 152 valence electrons. The first-order chi connectivity index (χ1) is 14.0. The van der Waals surface area contributed by atoms with Crippen molar-refractivity contribution in [1.82, 2.24) is 14.8 Å². The van der Waals surface area contributed by atoms with E-state index in [4.69, 9.17) is 4.74 Å². The smallest absolute Gasteiger partial charge is 0.192 e. The summed E-state index contributed by atoms with van der Waals surface area (Å²) in [6.45, 7) is 3.02. The highest BCUT2D eigenvalue weighted by atomic mass is 32.2. The summed E-state index contributed by atoms with van der Waals surface area (Å²) in [6, 6.07) is 6.90. The normalized spacial score (nSPS) is 17.6. The third-order valence-corrected chi connectivity index (χ3v) is 6.66. The molecule has 2 unspecified atom stereocenters. The third-order valence-electron chi connectivity index (χ3n) is 4.72. The van der Waals surface area contributed by atoms with Gasteiger partial charge in [-0.1, -0.05) is 17.8 Å². The van der Waals surface area contributed by atoms with Crippen molar-refractivity contribution in [3.05, 3.63) is 52.9 Å². The molecule has 0 aliphatic carbocycles. The van der Waals surface area contributed by atoms with Gasteiger partial charge >= 0.3 is 0 Å². The van der Waals surface area contributed by atoms with Crippen LogP contribution in [-0.4, -0.2) is 38.5 Å². The number of nitrogens with zero attached hydrogens (tertiary/aromatic N) is 3. The lowest BCUT2D eigenvalue weighted by Gasteiger charge is -2.16. The number of carbonyl (C=O) groups excluding carboxylic acids is 1. The largest absolute Gasteiger partial charge is 0.376 e. The summed E-state index contributed by atoms with van der Waals surface area (Å²) >= 11 is 2.78. The predicted octanol–water partition coefficient (Wildman–Crippen LogP) is 4.83. The van der Waals surface area contributed by atoms with Crippen LogP contribution in [0.5, 0.6) is 0 Å². The highest BCUT2D eigenvalue weighted by Crippen LogP contribution is 2.31. The zero-order valence-electron chi connectivity index (χ0n) is 15.7. The van der Waals surface area contributed by atoms with E-state index in [9.17, 15) is 13.6 Å². The molecule has 0 bridgehead atoms. The minimum atomic E-state index is -0.859. The molecule has 29 heavy (non-hydrogen) atoms. The number of ketones is 1. The number of hydrogen-bond donors (Lipinski definition) is 0. The number of thiophene rings is 1. The van der Waals surface area contributed by atoms with Crippen molar-refractivity contribution in [3.63, 3.8) is 0 Å². The zero-order chi connectivity index (χ0) is 20.4. The molecule has 9 heteroatoms. The number of rotatable bonds is 7. The van der Waals surface area contributed by atoms with Crippen molar-refractivity contribution in [2.75, 3.05) is 6.61 Å². The van der Waals surface area contributed by atoms with Crippen LogP contribution in [0.15, 0.2) is 40.9 Å². The summed E-state index contributed by atoms with van der Waals surface area (Å²) in [6.07, 6.45) is 2.05. The second-order valence-electron chi connectivity index (χ2n) is 6.78. The summed E-state index contributed by atoms with van der Waals surface area (Å²) in [5.74, 6) is -1.26. The first-order valence-electron chi connectivity index (χ1n) is 9.27. The minimum absolute atomic E-state index is 0.0737. The van der Waals surface area contributed by atoms with Crippen molar-refractivity contribution in [3.8, 4) is 10.7 Å². The molecule has 1 fully saturated rings. The summed E-state index contributed by atoms with van der Waals surface area (Å²) < 4.78 is 34.9. The number of benzene rings is 1. The Kier molecular flexibility index (Phi) is 6.07. The molecule has 5 nitrogen and oxygen atoms in total. The van der Waals surface area contributed by atoms with Gasteiger partial charge in [-0.3, -0.25) is 9.36 Å². The Morgan fingerprint density at radius 1 is 1.38 bits per heavy atom. The van der Waals surface area contributed by atoms with Crippen LogP contribution in [0.4, 0.5) is 8.78 Å². The number of ether oxygens (including phenoxy) is 1. The average molecular weight is 436 g/mol. The maximum absolute atomic E-state index is 14.0. The lowest BCUT2D eigenvalue weighted by Crippen LogP contribution is -2.19. The number of thioether (sulfide) groups is 1. The van der Waals surface area contributed by atoms with Crippen LogP contribution in [-0.2, 0) is 11.3 Å². The van der Waals surface area contributed by atoms with Gasteiger partial charge in [0.25, 0.3) is 0 Å². The van der Waals surface area contributed by atoms with Gasteiger partial charge in [-0.25, -0.2) is 8.78 Å². The number of Topliss-reactive ketones (excluding diaryl/α,β-unsaturated/α-hetero) is 1. The Labute approximate surface area is 175 Å². The molecular weight excluding hydrogens is 416 g/mol. The summed E-state index contributed by atoms with van der Waals surface area (Å²) in [7, 11) is 0. The van der Waals surface area contributed by atoms with Gasteiger partial charge < -0.3 is 4.74 Å². The molecule has 1 aromatic carbocycles. The Balaban J connectivity index is 1.59. The highest BCUT2D eigenvalue weighted by molar-refractivity contribution is 8.00. The first kappa shape index (κ1) is 20.2. The van der Waals surface area contributed by atoms with Crippen LogP contribution >= 0.6 is 23.1 Å². The molecule has 4 rings (SSSR count). The van der Waals surface area contributed by atoms with Gasteiger partial charge in [0, 0.05) is 12.7 Å². The molecule has 0 spiro atoms. The van der Waals surface area contributed by atoms with E-state index >= 15 is 0 Å². The van der Waals surface area contributed by atoms with E-state index in [1.54, 1.807) is 18.3 Å². The second kappa shape index (κ2) is 8.73. The van der Waals surface area contributed by atoms with Crippen LogP contribution in [0.1, 0.15) is 30.1 Å². The van der Waals surface area contributed by atoms with E-state index in [1.807, 2.05) is 22.1 Å². The van der Waals surface area contributed by atoms with Gasteiger partial charge in [-0.2, -0.15) is 0 Å². The Hall–Kier alpha value is -2.10. The maximum atomic E-state index is 14.0. The van der Waals surface area contributed by atoms with Crippen molar-refractivity contribution < 1.29 is 18.3 Å². The minimum Gasteiger partial charge on any atom is -0.376 e. The third kappa shape index (κ3) is 4.41. The molecule has 0 radical (unpaired) electrons. The molecule has 1 aliphatic rings. The fraction of sp³-hybridized carbons (Fsp3) is 0.350. The van der Waals surface area contributed by atoms with Crippen LogP contribution in [0.2, 0.25) is 0 Å². The van der Waals surface area contributed by atoms with E-state index in [0.29, 0.717) is 11.7 Å². The second-order valence-corrected chi connectivity index (χ2v) is 9.03. The lowest BCUT2D eigenvalue weighted by molar-refractivity contribution is 0.0953. The Morgan fingerprint density at radius 2 is 2.24 bits per heavy atom. The van der Waals surface area contributed by atoms with Crippen LogP contribution < -0.4 is 0 Å². The fourth-order valence-corrected chi connectivity index (χ4v) is 4.88. The van der Waals surface area contributed by atoms with E-state index in [1.165, 1.54) is 17.8 Å². The monoisotopic (exact) mass is 435 g/mol. The zero-order valence-corrected chi connectivity index (χ0v) is 17.3. The topological polar surface area (TPSA) is 57.0 Å². The highest BCUT2D eigenvalue weighted by Gasteiger charge is 2.26. The quantitative estimate of drug-likeness (QED) is 0.393. The van der Waals surface area contributed by atoms with Crippen molar-refractivity contribution in [2.24, 2.45) is 0 Å². The van der Waals surface area contributed by atoms with Gasteiger partial charge in [-0.05, 0) is 43.3 Å². The van der Waals surface area contributed by atoms with Gasteiger partial charge in [-0.15, -0.1) is 21.5 Å². The maximum Gasteiger partial charge on any atom is 0.192 e. The van der Waals surface area contributed by atoms with E-state index in [2.05, 4.69) is 10.2 Å². The van der Waals surface area contributed by atoms with Gasteiger partial charge in [0.1, 0.15) is 11.6 Å². The van der Waals surface area contributed by atoms with Crippen molar-refractivity contribution in [1.29, 1.82) is 0 Å². The van der Waals surface area contributed by atoms with E-state index < -0.39 is 22.7 Å². The number of hydrogen-bond acceptors (Lipinski definition) is 6. The van der Waals surface area contributed by atoms with E-state index in [0.717, 1.165) is 42.3 Å². The fourth-order valence-electron chi connectivity index (χ4n) is 3.24. The molecule has 3 aromatic rings. The van der Waals surface area contributed by atoms with Crippen molar-refractivity contribution in [2.45, 2.75) is 42.8 Å². The van der Waals surface area contributed by atoms with Crippen LogP contribution in [0.3, 0.4) is 0 Å². The SMILES string of the molecule is CC(Sc1nnc(-c2cccs2)n1CC1CCCO1)C(=O)c1ccc(F)cc1F. The van der Waals surface area contributed by atoms with Crippen LogP contribution in [0, 0.1) is 11.6 Å². The Morgan fingerprint density at radius 3 is 2.93 bits per heavy atom. The molecular formula is C20H19F2N3O2S2. The molecule has 2 atom stereocenters. The van der Waals surface area contributed by atoms with Gasteiger partial charge in [0.15, 0.2) is 16.8 Å². The summed E-state index contributed by atoms with van der Waals surface area (Å²) in [5, 5.41) is 10.5.